The Kier molecular flexibility index (Phi) is 5.50. The molecular weight excluding hydrogens is 414 g/mol. The van der Waals surface area contributed by atoms with Gasteiger partial charge in [0.25, 0.3) is 0 Å². The normalized spacial score (nSPS) is 12.0. The van der Waals surface area contributed by atoms with E-state index in [1.807, 2.05) is 6.07 Å². The minimum Gasteiger partial charge on any atom is -0.480 e. The summed E-state index contributed by atoms with van der Waals surface area (Å²) < 4.78 is 1.54. The molecule has 6 heteroatoms. The zero-order chi connectivity index (χ0) is 16.3. The largest absolute Gasteiger partial charge is 0.480 e. The molecule has 22 heavy (non-hydrogen) atoms. The first-order valence-electron chi connectivity index (χ1n) is 6.45. The highest BCUT2D eigenvalue weighted by Gasteiger charge is 2.15. The molecule has 0 fully saturated rings. The van der Waals surface area contributed by atoms with Crippen LogP contribution >= 0.6 is 31.9 Å². The van der Waals surface area contributed by atoms with Gasteiger partial charge in [-0.05, 0) is 30.2 Å². The fraction of sp³-hybridized carbons (Fsp3) is 0.125. The van der Waals surface area contributed by atoms with E-state index in [1.54, 1.807) is 36.4 Å². The van der Waals surface area contributed by atoms with Crippen LogP contribution in [-0.4, -0.2) is 22.9 Å². The summed E-state index contributed by atoms with van der Waals surface area (Å²) in [5.41, 5.74) is 7.37. The molecule has 0 unspecified atom stereocenters. The first kappa shape index (κ1) is 16.9. The van der Waals surface area contributed by atoms with Crippen molar-refractivity contribution in [3.8, 4) is 0 Å². The average molecular weight is 427 g/mol. The Bertz CT molecular complexity index is 714. The quantitative estimate of drug-likeness (QED) is 0.718. The number of ketones is 1. The van der Waals surface area contributed by atoms with Crippen molar-refractivity contribution >= 4 is 43.6 Å². The van der Waals surface area contributed by atoms with E-state index in [2.05, 4.69) is 31.9 Å². The lowest BCUT2D eigenvalue weighted by molar-refractivity contribution is -0.138. The van der Waals surface area contributed by atoms with Gasteiger partial charge in [0.2, 0.25) is 0 Å². The van der Waals surface area contributed by atoms with E-state index in [0.29, 0.717) is 11.1 Å². The van der Waals surface area contributed by atoms with Gasteiger partial charge in [0, 0.05) is 20.1 Å². The summed E-state index contributed by atoms with van der Waals surface area (Å²) in [4.78, 5) is 23.2. The Morgan fingerprint density at radius 2 is 1.73 bits per heavy atom. The molecule has 0 saturated heterocycles. The maximum Gasteiger partial charge on any atom is 0.320 e. The Morgan fingerprint density at radius 3 is 2.32 bits per heavy atom. The summed E-state index contributed by atoms with van der Waals surface area (Å²) in [5.74, 6) is -1.15. The fourth-order valence-electron chi connectivity index (χ4n) is 1.96. The zero-order valence-corrected chi connectivity index (χ0v) is 14.6. The number of carboxylic acid groups (broad SMARTS) is 1. The van der Waals surface area contributed by atoms with Crippen molar-refractivity contribution in [1.82, 2.24) is 0 Å². The molecule has 0 aromatic heterocycles. The van der Waals surface area contributed by atoms with Gasteiger partial charge in [-0.15, -0.1) is 0 Å². The molecule has 1 atom stereocenters. The van der Waals surface area contributed by atoms with Gasteiger partial charge in [-0.3, -0.25) is 9.59 Å². The second-order valence-corrected chi connectivity index (χ2v) is 6.57. The Labute approximate surface area is 144 Å². The molecule has 4 nitrogen and oxygen atoms in total. The number of benzene rings is 2. The van der Waals surface area contributed by atoms with Crippen LogP contribution in [0, 0.1) is 0 Å². The second kappa shape index (κ2) is 7.17. The molecular formula is C16H13Br2NO3. The first-order chi connectivity index (χ1) is 10.4. The van der Waals surface area contributed by atoms with Gasteiger partial charge in [-0.25, -0.2) is 0 Å². The van der Waals surface area contributed by atoms with Gasteiger partial charge in [0.1, 0.15) is 6.04 Å². The number of halogens is 2. The Morgan fingerprint density at radius 1 is 1.09 bits per heavy atom. The molecule has 0 radical (unpaired) electrons. The van der Waals surface area contributed by atoms with Crippen LogP contribution in [0.15, 0.2) is 51.4 Å². The lowest BCUT2D eigenvalue weighted by Crippen LogP contribution is -2.32. The molecule has 2 aromatic carbocycles. The van der Waals surface area contributed by atoms with Crippen molar-refractivity contribution in [2.75, 3.05) is 0 Å². The Balaban J connectivity index is 2.21. The van der Waals surface area contributed by atoms with Crippen molar-refractivity contribution in [2.24, 2.45) is 5.73 Å². The van der Waals surface area contributed by atoms with Gasteiger partial charge in [0.05, 0.1) is 0 Å². The van der Waals surface area contributed by atoms with Crippen molar-refractivity contribution in [1.29, 1.82) is 0 Å². The number of aliphatic carboxylic acids is 1. The molecule has 0 aliphatic rings. The fourth-order valence-corrected chi connectivity index (χ4v) is 2.75. The molecule has 0 aliphatic heterocycles. The highest BCUT2D eigenvalue weighted by atomic mass is 79.9. The molecule has 0 saturated carbocycles. The standard InChI is InChI=1S/C16H13Br2NO3/c17-11-5-6-13(18)12(8-11)15(20)10-3-1-9(2-4-10)7-14(19)16(21)22/h1-6,8,14H,7,19H2,(H,21,22)/t14-/m0/s1. The molecule has 0 spiro atoms. The Hall–Kier alpha value is -1.50. The number of hydrogen-bond donors (Lipinski definition) is 2. The van der Waals surface area contributed by atoms with Crippen LogP contribution in [0.4, 0.5) is 0 Å². The van der Waals surface area contributed by atoms with E-state index in [9.17, 15) is 9.59 Å². The predicted octanol–water partition coefficient (Wildman–Crippen LogP) is 3.40. The zero-order valence-electron chi connectivity index (χ0n) is 11.4. The molecule has 0 bridgehead atoms. The number of carbonyl (C=O) groups is 2. The van der Waals surface area contributed by atoms with Gasteiger partial charge < -0.3 is 10.8 Å². The topological polar surface area (TPSA) is 80.4 Å². The highest BCUT2D eigenvalue weighted by molar-refractivity contribution is 9.11. The summed E-state index contributed by atoms with van der Waals surface area (Å²) in [6.07, 6.45) is 0.227. The van der Waals surface area contributed by atoms with E-state index >= 15 is 0 Å². The van der Waals surface area contributed by atoms with Gasteiger partial charge >= 0.3 is 5.97 Å². The van der Waals surface area contributed by atoms with E-state index < -0.39 is 12.0 Å². The van der Waals surface area contributed by atoms with Gasteiger partial charge in [-0.1, -0.05) is 56.1 Å². The lowest BCUT2D eigenvalue weighted by Gasteiger charge is -2.08. The minimum atomic E-state index is -1.04. The van der Waals surface area contributed by atoms with Gasteiger partial charge in [-0.2, -0.15) is 0 Å². The predicted molar refractivity (Wildman–Crippen MR) is 91.0 cm³/mol. The number of rotatable bonds is 5. The molecule has 114 valence electrons. The van der Waals surface area contributed by atoms with Crippen molar-refractivity contribution < 1.29 is 14.7 Å². The van der Waals surface area contributed by atoms with Gasteiger partial charge in [0.15, 0.2) is 5.78 Å². The third-order valence-electron chi connectivity index (χ3n) is 3.16. The summed E-state index contributed by atoms with van der Waals surface area (Å²) in [6.45, 7) is 0. The van der Waals surface area contributed by atoms with E-state index in [0.717, 1.165) is 14.5 Å². The molecule has 2 aromatic rings. The molecule has 0 amide bonds. The minimum absolute atomic E-state index is 0.109. The maximum absolute atomic E-state index is 12.5. The second-order valence-electron chi connectivity index (χ2n) is 4.80. The number of carboxylic acids is 1. The maximum atomic E-state index is 12.5. The van der Waals surface area contributed by atoms with E-state index in [1.165, 1.54) is 0 Å². The summed E-state index contributed by atoms with van der Waals surface area (Å²) >= 11 is 6.71. The monoisotopic (exact) mass is 425 g/mol. The average Bonchev–Trinajstić information content (AvgIpc) is 2.49. The van der Waals surface area contributed by atoms with Crippen molar-refractivity contribution in [3.63, 3.8) is 0 Å². The van der Waals surface area contributed by atoms with Crippen LogP contribution < -0.4 is 5.73 Å². The molecule has 2 rings (SSSR count). The van der Waals surface area contributed by atoms with Crippen LogP contribution in [0.25, 0.3) is 0 Å². The molecule has 0 aliphatic carbocycles. The van der Waals surface area contributed by atoms with Crippen LogP contribution in [0.5, 0.6) is 0 Å². The van der Waals surface area contributed by atoms with Crippen LogP contribution in [0.1, 0.15) is 21.5 Å². The number of carbonyl (C=O) groups excluding carboxylic acids is 1. The van der Waals surface area contributed by atoms with Crippen molar-refractivity contribution in [2.45, 2.75) is 12.5 Å². The summed E-state index contributed by atoms with van der Waals surface area (Å²) in [5, 5.41) is 8.80. The molecule has 3 N–H and O–H groups in total. The number of nitrogens with two attached hydrogens (primary N) is 1. The highest BCUT2D eigenvalue weighted by Crippen LogP contribution is 2.24. The van der Waals surface area contributed by atoms with Crippen molar-refractivity contribution in [3.05, 3.63) is 68.1 Å². The molecule has 0 heterocycles. The van der Waals surface area contributed by atoms with E-state index in [-0.39, 0.29) is 12.2 Å². The first-order valence-corrected chi connectivity index (χ1v) is 8.04. The lowest BCUT2D eigenvalue weighted by atomic mass is 10.00. The summed E-state index contributed by atoms with van der Waals surface area (Å²) in [7, 11) is 0. The SMILES string of the molecule is N[C@@H](Cc1ccc(C(=O)c2cc(Br)ccc2Br)cc1)C(=O)O. The smallest absolute Gasteiger partial charge is 0.320 e. The third-order valence-corrected chi connectivity index (χ3v) is 4.35. The third kappa shape index (κ3) is 4.03. The van der Waals surface area contributed by atoms with E-state index in [4.69, 9.17) is 10.8 Å². The van der Waals surface area contributed by atoms with Crippen LogP contribution in [-0.2, 0) is 11.2 Å². The number of hydrogen-bond acceptors (Lipinski definition) is 3. The van der Waals surface area contributed by atoms with Crippen LogP contribution in [0.3, 0.4) is 0 Å². The van der Waals surface area contributed by atoms with Crippen LogP contribution in [0.2, 0.25) is 0 Å². The summed E-state index contributed by atoms with van der Waals surface area (Å²) in [6, 6.07) is 11.3.